The minimum atomic E-state index is -1.06. The molecule has 1 fully saturated rings. The fraction of sp³-hybridized carbons (Fsp3) is 0.324. The van der Waals surface area contributed by atoms with Crippen molar-refractivity contribution in [3.05, 3.63) is 93.4 Å². The number of ether oxygens (including phenoxy) is 3. The first-order chi connectivity index (χ1) is 23.2. The van der Waals surface area contributed by atoms with Crippen molar-refractivity contribution in [2.45, 2.75) is 46.1 Å². The molecule has 3 N–H and O–H groups in total. The molecule has 0 atom stereocenters. The Labute approximate surface area is 284 Å². The van der Waals surface area contributed by atoms with E-state index in [1.807, 2.05) is 68.4 Å². The maximum Gasteiger partial charge on any atom is 0.352 e. The molecule has 250 valence electrons. The SMILES string of the molecule is COc1ccccc1OCc1c(-c2cccc3c(CCCOc4cc(C)c(Cl)c(C)c4)c(C(=O)O)[nH]c23)c(C(=O)NCC2CC2)nn1C. The van der Waals surface area contributed by atoms with Gasteiger partial charge in [-0.05, 0) is 86.4 Å². The van der Waals surface area contributed by atoms with Crippen molar-refractivity contribution in [1.82, 2.24) is 20.1 Å². The number of hydrogen-bond donors (Lipinski definition) is 3. The summed E-state index contributed by atoms with van der Waals surface area (Å²) in [5.41, 5.74) is 5.39. The van der Waals surface area contributed by atoms with E-state index in [1.54, 1.807) is 18.8 Å². The molecule has 1 saturated carbocycles. The molecule has 0 radical (unpaired) electrons. The largest absolute Gasteiger partial charge is 0.494 e. The number of H-pyrrole nitrogens is 1. The highest BCUT2D eigenvalue weighted by Gasteiger charge is 2.29. The molecule has 1 aliphatic carbocycles. The van der Waals surface area contributed by atoms with Crippen molar-refractivity contribution in [2.24, 2.45) is 13.0 Å². The summed E-state index contributed by atoms with van der Waals surface area (Å²) < 4.78 is 19.4. The molecular formula is C37H39ClN4O6. The van der Waals surface area contributed by atoms with Gasteiger partial charge in [-0.2, -0.15) is 5.10 Å². The Kier molecular flexibility index (Phi) is 9.63. The summed E-state index contributed by atoms with van der Waals surface area (Å²) in [5, 5.41) is 19.4. The standard InChI is InChI=1S/C37H39ClN4O6/c1-21-17-24(18-22(2)32(21)38)47-16-8-11-26-25-9-7-10-27(33(25)40-34(26)37(44)45)31-28(20-48-30-13-6-5-12-29(30)46-4)42(3)41-35(31)36(43)39-19-23-14-15-23/h5-7,9-10,12-13,17-18,23,40H,8,11,14-16,19-20H2,1-4H3,(H,39,43)(H,44,45). The normalized spacial score (nSPS) is 12.7. The Morgan fingerprint density at radius 3 is 2.48 bits per heavy atom. The zero-order chi connectivity index (χ0) is 33.9. The number of aryl methyl sites for hydroxylation is 4. The second-order valence-corrected chi connectivity index (χ2v) is 12.6. The second kappa shape index (κ2) is 14.0. The Morgan fingerprint density at radius 1 is 1.06 bits per heavy atom. The van der Waals surface area contributed by atoms with Crippen LogP contribution in [0.1, 0.15) is 62.6 Å². The van der Waals surface area contributed by atoms with Crippen molar-refractivity contribution >= 4 is 34.4 Å². The van der Waals surface area contributed by atoms with E-state index in [2.05, 4.69) is 15.4 Å². The maximum atomic E-state index is 13.6. The molecule has 1 aliphatic rings. The van der Waals surface area contributed by atoms with Gasteiger partial charge in [-0.3, -0.25) is 9.48 Å². The van der Waals surface area contributed by atoms with Crippen molar-refractivity contribution in [3.63, 3.8) is 0 Å². The first-order valence-corrected chi connectivity index (χ1v) is 16.4. The van der Waals surface area contributed by atoms with Gasteiger partial charge in [0.05, 0.1) is 24.9 Å². The third-order valence-corrected chi connectivity index (χ3v) is 9.33. The number of carboxylic acid groups (broad SMARTS) is 1. The molecule has 2 heterocycles. The number of rotatable bonds is 14. The second-order valence-electron chi connectivity index (χ2n) is 12.2. The quantitative estimate of drug-likeness (QED) is 0.106. The Hall–Kier alpha value is -4.96. The summed E-state index contributed by atoms with van der Waals surface area (Å²) in [4.78, 5) is 29.3. The molecule has 5 aromatic rings. The molecule has 0 aliphatic heterocycles. The van der Waals surface area contributed by atoms with E-state index in [0.717, 1.165) is 40.1 Å². The van der Waals surface area contributed by atoms with Gasteiger partial charge in [-0.25, -0.2) is 4.79 Å². The molecule has 48 heavy (non-hydrogen) atoms. The van der Waals surface area contributed by atoms with Crippen LogP contribution in [0.15, 0.2) is 54.6 Å². The van der Waals surface area contributed by atoms with Crippen LogP contribution in [0, 0.1) is 19.8 Å². The lowest BCUT2D eigenvalue weighted by Gasteiger charge is -2.13. The number of hydrogen-bond acceptors (Lipinski definition) is 6. The molecule has 0 unspecified atom stereocenters. The van der Waals surface area contributed by atoms with Crippen LogP contribution in [0.2, 0.25) is 5.02 Å². The number of halogens is 1. The Bertz CT molecular complexity index is 1970. The number of carboxylic acids is 1. The zero-order valence-corrected chi connectivity index (χ0v) is 28.2. The molecule has 3 aromatic carbocycles. The minimum absolute atomic E-state index is 0.0891. The smallest absolute Gasteiger partial charge is 0.352 e. The number of carbonyl (C=O) groups is 2. The number of fused-ring (bicyclic) bond motifs is 1. The van der Waals surface area contributed by atoms with E-state index >= 15 is 0 Å². The van der Waals surface area contributed by atoms with Crippen LogP contribution in [0.25, 0.3) is 22.0 Å². The summed E-state index contributed by atoms with van der Waals surface area (Å²) in [6.45, 7) is 4.94. The molecule has 11 heteroatoms. The average Bonchev–Trinajstić information content (AvgIpc) is 3.75. The zero-order valence-electron chi connectivity index (χ0n) is 27.5. The average molecular weight is 671 g/mol. The van der Waals surface area contributed by atoms with E-state index in [1.165, 1.54) is 0 Å². The number of carbonyl (C=O) groups excluding carboxylic acids is 1. The molecule has 0 bridgehead atoms. The number of aromatic carboxylic acids is 1. The minimum Gasteiger partial charge on any atom is -0.494 e. The van der Waals surface area contributed by atoms with E-state index in [9.17, 15) is 14.7 Å². The van der Waals surface area contributed by atoms with Crippen molar-refractivity contribution in [2.75, 3.05) is 20.3 Å². The predicted molar refractivity (Wildman–Crippen MR) is 185 cm³/mol. The number of nitrogens with one attached hydrogen (secondary N) is 2. The number of aromatic amines is 1. The van der Waals surface area contributed by atoms with Gasteiger partial charge >= 0.3 is 5.97 Å². The van der Waals surface area contributed by atoms with E-state index in [-0.39, 0.29) is 23.9 Å². The first kappa shape index (κ1) is 33.0. The summed E-state index contributed by atoms with van der Waals surface area (Å²) in [7, 11) is 3.35. The fourth-order valence-corrected chi connectivity index (χ4v) is 6.15. The van der Waals surface area contributed by atoms with Crippen LogP contribution in [0.5, 0.6) is 17.2 Å². The number of benzene rings is 3. The molecule has 1 amide bonds. The van der Waals surface area contributed by atoms with Gasteiger partial charge < -0.3 is 29.6 Å². The highest BCUT2D eigenvalue weighted by Crippen LogP contribution is 2.38. The molecule has 2 aromatic heterocycles. The first-order valence-electron chi connectivity index (χ1n) is 16.0. The van der Waals surface area contributed by atoms with Crippen LogP contribution in [-0.2, 0) is 20.1 Å². The Morgan fingerprint density at radius 2 is 1.79 bits per heavy atom. The number of para-hydroxylation sites is 3. The summed E-state index contributed by atoms with van der Waals surface area (Å²) in [6, 6.07) is 16.8. The van der Waals surface area contributed by atoms with Crippen LogP contribution in [0.3, 0.4) is 0 Å². The summed E-state index contributed by atoms with van der Waals surface area (Å²) >= 11 is 6.31. The predicted octanol–water partition coefficient (Wildman–Crippen LogP) is 7.28. The molecule has 10 nitrogen and oxygen atoms in total. The van der Waals surface area contributed by atoms with E-state index < -0.39 is 5.97 Å². The lowest BCUT2D eigenvalue weighted by Crippen LogP contribution is -2.26. The summed E-state index contributed by atoms with van der Waals surface area (Å²) in [6.07, 6.45) is 3.24. The van der Waals surface area contributed by atoms with Gasteiger partial charge in [-0.1, -0.05) is 41.9 Å². The van der Waals surface area contributed by atoms with Gasteiger partial charge in [0, 0.05) is 35.1 Å². The number of nitrogens with zero attached hydrogens (tertiary/aromatic N) is 2. The van der Waals surface area contributed by atoms with Crippen molar-refractivity contribution in [3.8, 4) is 28.4 Å². The van der Waals surface area contributed by atoms with Crippen LogP contribution in [0.4, 0.5) is 0 Å². The van der Waals surface area contributed by atoms with Crippen LogP contribution in [-0.4, -0.2) is 52.0 Å². The van der Waals surface area contributed by atoms with Gasteiger partial charge in [0.15, 0.2) is 17.2 Å². The van der Waals surface area contributed by atoms with Gasteiger partial charge in [-0.15, -0.1) is 0 Å². The fourth-order valence-electron chi connectivity index (χ4n) is 6.05. The van der Waals surface area contributed by atoms with Gasteiger partial charge in [0.2, 0.25) is 0 Å². The lowest BCUT2D eigenvalue weighted by molar-refractivity contribution is 0.0690. The summed E-state index contributed by atoms with van der Waals surface area (Å²) in [5.74, 6) is 0.982. The lowest BCUT2D eigenvalue weighted by atomic mass is 9.97. The van der Waals surface area contributed by atoms with E-state index in [0.29, 0.717) is 71.3 Å². The number of aromatic nitrogens is 3. The van der Waals surface area contributed by atoms with Crippen LogP contribution >= 0.6 is 11.6 Å². The molecular weight excluding hydrogens is 632 g/mol. The van der Waals surface area contributed by atoms with Crippen molar-refractivity contribution in [1.29, 1.82) is 0 Å². The third-order valence-electron chi connectivity index (χ3n) is 8.74. The molecule has 6 rings (SSSR count). The topological polar surface area (TPSA) is 128 Å². The Balaban J connectivity index is 1.35. The van der Waals surface area contributed by atoms with Crippen LogP contribution < -0.4 is 19.5 Å². The monoisotopic (exact) mass is 670 g/mol. The number of methoxy groups -OCH3 is 1. The van der Waals surface area contributed by atoms with Gasteiger partial charge in [0.1, 0.15) is 18.1 Å². The molecule has 0 saturated heterocycles. The highest BCUT2D eigenvalue weighted by molar-refractivity contribution is 6.32. The maximum absolute atomic E-state index is 13.6. The third kappa shape index (κ3) is 6.85. The van der Waals surface area contributed by atoms with Gasteiger partial charge in [0.25, 0.3) is 5.91 Å². The molecule has 0 spiro atoms. The van der Waals surface area contributed by atoms with E-state index in [4.69, 9.17) is 25.8 Å². The van der Waals surface area contributed by atoms with Crippen molar-refractivity contribution < 1.29 is 28.9 Å². The highest BCUT2D eigenvalue weighted by atomic mass is 35.5. The number of amides is 1.